The summed E-state index contributed by atoms with van der Waals surface area (Å²) < 4.78 is 24.3. The Morgan fingerprint density at radius 1 is 1.00 bits per heavy atom. The van der Waals surface area contributed by atoms with Crippen molar-refractivity contribution >= 4 is 24.1 Å². The second-order valence-electron chi connectivity index (χ2n) is 5.18. The summed E-state index contributed by atoms with van der Waals surface area (Å²) in [5.74, 6) is -0.709. The van der Waals surface area contributed by atoms with Crippen molar-refractivity contribution < 1.29 is 8.78 Å². The minimum atomic E-state index is -0.627. The topological polar surface area (TPSA) is 77.8 Å². The highest BCUT2D eigenvalue weighted by Crippen LogP contribution is 2.23. The standard InChI is InChI=1S/C12H14N4.C6H4F2S/c1-2-11-10(13)5-9(7-16-11)8-3-4-15-12(14)6-8;7-4-1-2-6(9)5(8)3-4/h3-7H,2,13H2,1H3,(H2,14,15);1-3,9H. The Bertz CT molecular complexity index is 871. The van der Waals surface area contributed by atoms with Crippen LogP contribution in [0.1, 0.15) is 12.6 Å². The molecular weight excluding hydrogens is 342 g/mol. The minimum Gasteiger partial charge on any atom is -0.397 e. The first-order valence-electron chi connectivity index (χ1n) is 7.51. The molecule has 0 atom stereocenters. The number of hydrogen-bond acceptors (Lipinski definition) is 5. The third-order valence-corrected chi connectivity index (χ3v) is 3.73. The smallest absolute Gasteiger partial charge is 0.139 e. The Labute approximate surface area is 150 Å². The van der Waals surface area contributed by atoms with Crippen molar-refractivity contribution in [3.05, 3.63) is 66.1 Å². The van der Waals surface area contributed by atoms with Gasteiger partial charge in [0.15, 0.2) is 0 Å². The largest absolute Gasteiger partial charge is 0.397 e. The third-order valence-electron chi connectivity index (χ3n) is 3.36. The summed E-state index contributed by atoms with van der Waals surface area (Å²) in [6, 6.07) is 8.84. The first-order valence-corrected chi connectivity index (χ1v) is 7.95. The van der Waals surface area contributed by atoms with Gasteiger partial charge in [-0.15, -0.1) is 12.6 Å². The van der Waals surface area contributed by atoms with Gasteiger partial charge in [-0.05, 0) is 42.3 Å². The van der Waals surface area contributed by atoms with E-state index < -0.39 is 11.6 Å². The van der Waals surface area contributed by atoms with Crippen LogP contribution in [-0.4, -0.2) is 9.97 Å². The molecule has 0 spiro atoms. The van der Waals surface area contributed by atoms with Gasteiger partial charge in [-0.2, -0.15) is 0 Å². The van der Waals surface area contributed by atoms with E-state index in [1.165, 1.54) is 6.07 Å². The number of benzene rings is 1. The van der Waals surface area contributed by atoms with Crippen molar-refractivity contribution in [3.63, 3.8) is 0 Å². The molecule has 130 valence electrons. The summed E-state index contributed by atoms with van der Waals surface area (Å²) in [4.78, 5) is 8.43. The molecule has 3 aromatic rings. The van der Waals surface area contributed by atoms with E-state index in [0.717, 1.165) is 41.1 Å². The number of nitrogen functional groups attached to an aromatic ring is 2. The van der Waals surface area contributed by atoms with Crippen LogP contribution in [0, 0.1) is 11.6 Å². The van der Waals surface area contributed by atoms with E-state index >= 15 is 0 Å². The second kappa shape index (κ2) is 8.43. The molecule has 7 heteroatoms. The van der Waals surface area contributed by atoms with Crippen molar-refractivity contribution in [1.82, 2.24) is 9.97 Å². The number of nitrogens with zero attached hydrogens (tertiary/aromatic N) is 2. The fraction of sp³-hybridized carbons (Fsp3) is 0.111. The van der Waals surface area contributed by atoms with E-state index in [9.17, 15) is 8.78 Å². The van der Waals surface area contributed by atoms with Gasteiger partial charge in [0.25, 0.3) is 0 Å². The number of hydrogen-bond donors (Lipinski definition) is 3. The Balaban J connectivity index is 0.000000212. The predicted molar refractivity (Wildman–Crippen MR) is 99.3 cm³/mol. The van der Waals surface area contributed by atoms with Gasteiger partial charge in [0, 0.05) is 28.9 Å². The minimum absolute atomic E-state index is 0.163. The summed E-state index contributed by atoms with van der Waals surface area (Å²) >= 11 is 3.70. The molecule has 4 nitrogen and oxygen atoms in total. The van der Waals surface area contributed by atoms with Gasteiger partial charge in [0.1, 0.15) is 17.5 Å². The molecule has 0 aliphatic rings. The summed E-state index contributed by atoms with van der Waals surface area (Å²) in [5, 5.41) is 0. The van der Waals surface area contributed by atoms with Crippen LogP contribution in [0.2, 0.25) is 0 Å². The molecule has 0 unspecified atom stereocenters. The number of halogens is 2. The summed E-state index contributed by atoms with van der Waals surface area (Å²) in [7, 11) is 0. The van der Waals surface area contributed by atoms with E-state index in [4.69, 9.17) is 11.5 Å². The molecule has 1 aromatic carbocycles. The number of aryl methyl sites for hydroxylation is 1. The highest BCUT2D eigenvalue weighted by Gasteiger charge is 2.03. The van der Waals surface area contributed by atoms with Gasteiger partial charge in [-0.1, -0.05) is 6.92 Å². The number of aromatic nitrogens is 2. The van der Waals surface area contributed by atoms with E-state index in [0.29, 0.717) is 5.82 Å². The van der Waals surface area contributed by atoms with E-state index in [2.05, 4.69) is 22.6 Å². The highest BCUT2D eigenvalue weighted by molar-refractivity contribution is 7.80. The quantitative estimate of drug-likeness (QED) is 0.601. The van der Waals surface area contributed by atoms with Gasteiger partial charge in [-0.25, -0.2) is 13.8 Å². The van der Waals surface area contributed by atoms with Crippen LogP contribution in [0.5, 0.6) is 0 Å². The molecule has 0 aliphatic carbocycles. The molecule has 3 rings (SSSR count). The van der Waals surface area contributed by atoms with Gasteiger partial charge in [0.05, 0.1) is 11.4 Å². The summed E-state index contributed by atoms with van der Waals surface area (Å²) in [5.41, 5.74) is 15.1. The lowest BCUT2D eigenvalue weighted by molar-refractivity contribution is 0.566. The molecule has 2 aromatic heterocycles. The Kier molecular flexibility index (Phi) is 6.30. The zero-order valence-corrected chi connectivity index (χ0v) is 14.5. The fourth-order valence-corrected chi connectivity index (χ4v) is 2.21. The summed E-state index contributed by atoms with van der Waals surface area (Å²) in [6.07, 6.45) is 4.32. The highest BCUT2D eigenvalue weighted by atomic mass is 32.1. The van der Waals surface area contributed by atoms with Gasteiger partial charge in [-0.3, -0.25) is 4.98 Å². The number of pyridine rings is 2. The average molecular weight is 360 g/mol. The molecule has 0 amide bonds. The van der Waals surface area contributed by atoms with Gasteiger partial charge in [0.2, 0.25) is 0 Å². The van der Waals surface area contributed by atoms with Crippen molar-refractivity contribution in [3.8, 4) is 11.1 Å². The number of thiol groups is 1. The lowest BCUT2D eigenvalue weighted by atomic mass is 10.1. The number of anilines is 2. The van der Waals surface area contributed by atoms with Crippen molar-refractivity contribution in [2.75, 3.05) is 11.5 Å². The molecule has 0 bridgehead atoms. The maximum absolute atomic E-state index is 12.3. The van der Waals surface area contributed by atoms with E-state index in [-0.39, 0.29) is 4.90 Å². The van der Waals surface area contributed by atoms with Crippen LogP contribution in [0.25, 0.3) is 11.1 Å². The monoisotopic (exact) mass is 360 g/mol. The van der Waals surface area contributed by atoms with E-state index in [1.807, 2.05) is 31.3 Å². The second-order valence-corrected chi connectivity index (χ2v) is 5.66. The van der Waals surface area contributed by atoms with Crippen LogP contribution < -0.4 is 11.5 Å². The maximum Gasteiger partial charge on any atom is 0.139 e. The summed E-state index contributed by atoms with van der Waals surface area (Å²) in [6.45, 7) is 2.03. The molecule has 0 aliphatic heterocycles. The van der Waals surface area contributed by atoms with Crippen LogP contribution in [0.3, 0.4) is 0 Å². The predicted octanol–water partition coefficient (Wildman–Crippen LogP) is 4.12. The first-order chi connectivity index (χ1) is 11.9. The molecule has 25 heavy (non-hydrogen) atoms. The maximum atomic E-state index is 12.3. The van der Waals surface area contributed by atoms with Gasteiger partial charge < -0.3 is 11.5 Å². The zero-order chi connectivity index (χ0) is 18.4. The molecule has 0 fully saturated rings. The normalized spacial score (nSPS) is 10.1. The molecule has 2 heterocycles. The average Bonchev–Trinajstić information content (AvgIpc) is 2.59. The lowest BCUT2D eigenvalue weighted by Gasteiger charge is -2.06. The first kappa shape index (κ1) is 18.7. The fourth-order valence-electron chi connectivity index (χ4n) is 2.07. The van der Waals surface area contributed by atoms with Crippen LogP contribution in [0.15, 0.2) is 53.7 Å². The zero-order valence-electron chi connectivity index (χ0n) is 13.6. The lowest BCUT2D eigenvalue weighted by Crippen LogP contribution is -1.97. The van der Waals surface area contributed by atoms with Crippen LogP contribution >= 0.6 is 12.6 Å². The van der Waals surface area contributed by atoms with E-state index in [1.54, 1.807) is 6.20 Å². The number of nitrogens with two attached hydrogens (primary N) is 2. The van der Waals surface area contributed by atoms with Crippen molar-refractivity contribution in [2.45, 2.75) is 18.2 Å². The molecular formula is C18H18F2N4S. The van der Waals surface area contributed by atoms with Crippen LogP contribution in [-0.2, 0) is 6.42 Å². The Morgan fingerprint density at radius 2 is 1.76 bits per heavy atom. The number of rotatable bonds is 2. The van der Waals surface area contributed by atoms with Crippen molar-refractivity contribution in [1.29, 1.82) is 0 Å². The third kappa shape index (κ3) is 5.15. The SMILES string of the molecule is CCc1ncc(-c2ccnc(N)c2)cc1N.Fc1ccc(S)c(F)c1. The molecule has 0 saturated heterocycles. The van der Waals surface area contributed by atoms with Crippen molar-refractivity contribution in [2.24, 2.45) is 0 Å². The molecule has 4 N–H and O–H groups in total. The van der Waals surface area contributed by atoms with Gasteiger partial charge >= 0.3 is 0 Å². The Hall–Kier alpha value is -2.67. The van der Waals surface area contributed by atoms with Crippen LogP contribution in [0.4, 0.5) is 20.3 Å². The molecule has 0 radical (unpaired) electrons. The Morgan fingerprint density at radius 3 is 2.32 bits per heavy atom. The molecule has 0 saturated carbocycles.